The van der Waals surface area contributed by atoms with E-state index in [0.717, 1.165) is 21.9 Å². The first-order valence-electron chi connectivity index (χ1n) is 9.15. The van der Waals surface area contributed by atoms with Gasteiger partial charge < -0.3 is 4.90 Å². The van der Waals surface area contributed by atoms with Gasteiger partial charge in [-0.2, -0.15) is 0 Å². The van der Waals surface area contributed by atoms with E-state index in [1.807, 2.05) is 17.5 Å². The number of imide groups is 1. The van der Waals surface area contributed by atoms with Gasteiger partial charge in [-0.25, -0.2) is 13.7 Å². The van der Waals surface area contributed by atoms with Gasteiger partial charge in [0.05, 0.1) is 18.7 Å². The molecule has 0 aliphatic carbocycles. The molecular weight excluding hydrogens is 410 g/mol. The van der Waals surface area contributed by atoms with Crippen molar-refractivity contribution in [2.45, 2.75) is 19.0 Å². The molecule has 30 heavy (non-hydrogen) atoms. The third-order valence-corrected chi connectivity index (χ3v) is 5.70. The lowest BCUT2D eigenvalue weighted by molar-refractivity contribution is -0.122. The van der Waals surface area contributed by atoms with Gasteiger partial charge >= 0.3 is 0 Å². The summed E-state index contributed by atoms with van der Waals surface area (Å²) in [6.45, 7) is 0.134. The van der Waals surface area contributed by atoms with Gasteiger partial charge in [0.2, 0.25) is 5.91 Å². The number of carbonyl (C=O) groups is 3. The van der Waals surface area contributed by atoms with E-state index in [4.69, 9.17) is 0 Å². The Morgan fingerprint density at radius 1 is 1.00 bits per heavy atom. The van der Waals surface area contributed by atoms with E-state index in [-0.39, 0.29) is 24.2 Å². The lowest BCUT2D eigenvalue weighted by Crippen LogP contribution is -2.45. The number of rotatable bonds is 5. The van der Waals surface area contributed by atoms with Crippen molar-refractivity contribution >= 4 is 34.7 Å². The third-order valence-electron chi connectivity index (χ3n) is 4.84. The highest BCUT2D eigenvalue weighted by molar-refractivity contribution is 7.09. The summed E-state index contributed by atoms with van der Waals surface area (Å²) in [5.41, 5.74) is 0.465. The van der Waals surface area contributed by atoms with Crippen molar-refractivity contribution in [2.24, 2.45) is 0 Å². The number of carbonyl (C=O) groups excluding carboxylic acids is 3. The van der Waals surface area contributed by atoms with Crippen LogP contribution in [0.1, 0.15) is 21.7 Å². The number of hydrogen-bond acceptors (Lipinski definition) is 4. The minimum Gasteiger partial charge on any atom is -0.321 e. The summed E-state index contributed by atoms with van der Waals surface area (Å²) in [6.07, 6.45) is -0.186. The first-order chi connectivity index (χ1) is 14.4. The first-order valence-corrected chi connectivity index (χ1v) is 10.0. The van der Waals surface area contributed by atoms with Crippen LogP contribution in [0.25, 0.3) is 0 Å². The van der Waals surface area contributed by atoms with Gasteiger partial charge in [0.15, 0.2) is 0 Å². The Kier molecular flexibility index (Phi) is 5.41. The normalized spacial score (nSPS) is 16.2. The summed E-state index contributed by atoms with van der Waals surface area (Å²) in [5.74, 6) is -2.47. The van der Waals surface area contributed by atoms with E-state index in [1.54, 1.807) is 0 Å². The Bertz CT molecular complexity index is 1080. The van der Waals surface area contributed by atoms with Crippen LogP contribution in [0.15, 0.2) is 66.0 Å². The number of nitrogens with zero attached hydrogens (tertiary/aromatic N) is 2. The molecule has 1 aliphatic rings. The molecule has 3 amide bonds. The second kappa shape index (κ2) is 8.16. The molecule has 1 aliphatic heterocycles. The van der Waals surface area contributed by atoms with Gasteiger partial charge in [-0.15, -0.1) is 11.3 Å². The van der Waals surface area contributed by atoms with Gasteiger partial charge in [0.25, 0.3) is 11.8 Å². The van der Waals surface area contributed by atoms with E-state index in [0.29, 0.717) is 0 Å². The average Bonchev–Trinajstić information content (AvgIpc) is 3.35. The molecule has 1 atom stereocenters. The van der Waals surface area contributed by atoms with Crippen LogP contribution in [-0.2, 0) is 16.1 Å². The lowest BCUT2D eigenvalue weighted by Gasteiger charge is -2.27. The van der Waals surface area contributed by atoms with Crippen molar-refractivity contribution in [1.29, 1.82) is 0 Å². The molecule has 1 unspecified atom stereocenters. The Hall–Kier alpha value is -3.39. The SMILES string of the molecule is O=C1CC(N(Cc2cccs2)C(=O)c2ccc(F)cc2)C(=O)N1c1ccc(F)cc1. The van der Waals surface area contributed by atoms with Crippen LogP contribution in [0.4, 0.5) is 14.5 Å². The van der Waals surface area contributed by atoms with Crippen LogP contribution < -0.4 is 4.90 Å². The van der Waals surface area contributed by atoms with Crippen LogP contribution in [0.3, 0.4) is 0 Å². The molecule has 0 saturated carbocycles. The molecule has 1 saturated heterocycles. The standard InChI is InChI=1S/C22H16F2N2O3S/c23-15-5-3-14(4-6-15)21(28)25(13-18-2-1-11-30-18)19-12-20(27)26(22(19)29)17-9-7-16(24)8-10-17/h1-11,19H,12-13H2. The highest BCUT2D eigenvalue weighted by Crippen LogP contribution is 2.28. The predicted octanol–water partition coefficient (Wildman–Crippen LogP) is 4.00. The number of thiophene rings is 1. The smallest absolute Gasteiger partial charge is 0.257 e. The number of hydrogen-bond donors (Lipinski definition) is 0. The molecular formula is C22H16F2N2O3S. The summed E-state index contributed by atoms with van der Waals surface area (Å²) in [5, 5.41) is 1.85. The van der Waals surface area contributed by atoms with E-state index >= 15 is 0 Å². The zero-order valence-electron chi connectivity index (χ0n) is 15.6. The van der Waals surface area contributed by atoms with Crippen molar-refractivity contribution in [3.63, 3.8) is 0 Å². The fraction of sp³-hybridized carbons (Fsp3) is 0.136. The Morgan fingerprint density at radius 3 is 2.23 bits per heavy atom. The van der Waals surface area contributed by atoms with Gasteiger partial charge in [0, 0.05) is 10.4 Å². The van der Waals surface area contributed by atoms with Gasteiger partial charge in [-0.3, -0.25) is 14.4 Å². The topological polar surface area (TPSA) is 57.7 Å². The number of amides is 3. The highest BCUT2D eigenvalue weighted by Gasteiger charge is 2.44. The zero-order chi connectivity index (χ0) is 21.3. The molecule has 4 rings (SSSR count). The van der Waals surface area contributed by atoms with Crippen molar-refractivity contribution in [3.05, 3.63) is 88.1 Å². The summed E-state index contributed by atoms with van der Waals surface area (Å²) in [7, 11) is 0. The molecule has 8 heteroatoms. The maximum absolute atomic E-state index is 13.3. The summed E-state index contributed by atoms with van der Waals surface area (Å²) in [6, 6.07) is 12.7. The first kappa shape index (κ1) is 19.9. The molecule has 0 bridgehead atoms. The van der Waals surface area contributed by atoms with Crippen molar-refractivity contribution in [2.75, 3.05) is 4.90 Å². The Morgan fingerprint density at radius 2 is 1.63 bits per heavy atom. The molecule has 0 spiro atoms. The molecule has 0 N–H and O–H groups in total. The van der Waals surface area contributed by atoms with E-state index < -0.39 is 35.4 Å². The summed E-state index contributed by atoms with van der Waals surface area (Å²) in [4.78, 5) is 42.1. The average molecular weight is 426 g/mol. The second-order valence-corrected chi connectivity index (χ2v) is 7.82. The van der Waals surface area contributed by atoms with Crippen molar-refractivity contribution in [1.82, 2.24) is 4.90 Å². The maximum Gasteiger partial charge on any atom is 0.257 e. The zero-order valence-corrected chi connectivity index (χ0v) is 16.4. The fourth-order valence-electron chi connectivity index (χ4n) is 3.37. The van der Waals surface area contributed by atoms with Gasteiger partial charge in [-0.05, 0) is 60.0 Å². The Balaban J connectivity index is 1.67. The highest BCUT2D eigenvalue weighted by atomic mass is 32.1. The van der Waals surface area contributed by atoms with Gasteiger partial charge in [-0.1, -0.05) is 6.07 Å². The largest absolute Gasteiger partial charge is 0.321 e. The maximum atomic E-state index is 13.3. The summed E-state index contributed by atoms with van der Waals surface area (Å²) < 4.78 is 26.5. The predicted molar refractivity (Wildman–Crippen MR) is 108 cm³/mol. The van der Waals surface area contributed by atoms with Crippen molar-refractivity contribution < 1.29 is 23.2 Å². The van der Waals surface area contributed by atoms with Crippen molar-refractivity contribution in [3.8, 4) is 0 Å². The third kappa shape index (κ3) is 3.86. The minimum absolute atomic E-state index is 0.134. The van der Waals surface area contributed by atoms with E-state index in [9.17, 15) is 23.2 Å². The molecule has 152 valence electrons. The molecule has 5 nitrogen and oxygen atoms in total. The molecule has 1 fully saturated rings. The molecule has 2 aromatic carbocycles. The van der Waals surface area contributed by atoms with E-state index in [2.05, 4.69) is 0 Å². The summed E-state index contributed by atoms with van der Waals surface area (Å²) >= 11 is 1.42. The molecule has 2 heterocycles. The fourth-order valence-corrected chi connectivity index (χ4v) is 4.08. The van der Waals surface area contributed by atoms with E-state index in [1.165, 1.54) is 52.6 Å². The minimum atomic E-state index is -1.01. The number of halogens is 2. The molecule has 0 radical (unpaired) electrons. The van der Waals surface area contributed by atoms with Crippen LogP contribution in [0, 0.1) is 11.6 Å². The van der Waals surface area contributed by atoms with Gasteiger partial charge in [0.1, 0.15) is 17.7 Å². The molecule has 3 aromatic rings. The lowest BCUT2D eigenvalue weighted by atomic mass is 10.1. The van der Waals surface area contributed by atoms with Crippen LogP contribution in [-0.4, -0.2) is 28.7 Å². The van der Waals surface area contributed by atoms with Crippen LogP contribution >= 0.6 is 11.3 Å². The number of benzene rings is 2. The Labute approximate surface area is 175 Å². The number of anilines is 1. The quantitative estimate of drug-likeness (QED) is 0.580. The van der Waals surface area contributed by atoms with Crippen LogP contribution in [0.2, 0.25) is 0 Å². The van der Waals surface area contributed by atoms with Crippen LogP contribution in [0.5, 0.6) is 0 Å². The molecule has 1 aromatic heterocycles. The second-order valence-electron chi connectivity index (χ2n) is 6.78. The monoisotopic (exact) mass is 426 g/mol.